The van der Waals surface area contributed by atoms with Gasteiger partial charge in [-0.3, -0.25) is 9.59 Å². The molecule has 6 aromatic rings. The number of hydrogen-bond donors (Lipinski definition) is 1. The molecule has 254 valence electrons. The fraction of sp³-hybridized carbons (Fsp3) is 0.350. The Hall–Kier alpha value is -5.38. The van der Waals surface area contributed by atoms with Gasteiger partial charge in [-0.1, -0.05) is 25.1 Å². The van der Waals surface area contributed by atoms with Crippen LogP contribution in [0.2, 0.25) is 0 Å². The number of piperidine rings is 1. The van der Waals surface area contributed by atoms with Gasteiger partial charge in [-0.2, -0.15) is 0 Å². The minimum absolute atomic E-state index is 0.0607. The van der Waals surface area contributed by atoms with Gasteiger partial charge in [0.2, 0.25) is 5.56 Å². The molecule has 3 fully saturated rings. The lowest BCUT2D eigenvalue weighted by molar-refractivity contribution is 0.0602. The Morgan fingerprint density at radius 3 is 2.48 bits per heavy atom. The number of H-pyrrole nitrogens is 1. The fourth-order valence-corrected chi connectivity index (χ4v) is 8.61. The summed E-state index contributed by atoms with van der Waals surface area (Å²) in [6, 6.07) is 19.7. The van der Waals surface area contributed by atoms with E-state index in [2.05, 4.69) is 50.2 Å². The van der Waals surface area contributed by atoms with Gasteiger partial charge < -0.3 is 28.5 Å². The van der Waals surface area contributed by atoms with Crippen LogP contribution in [0.5, 0.6) is 5.75 Å². The first kappa shape index (κ1) is 30.7. The number of aromatic nitrogens is 4. The lowest BCUT2D eigenvalue weighted by Gasteiger charge is -2.27. The van der Waals surface area contributed by atoms with Crippen molar-refractivity contribution in [2.24, 2.45) is 24.8 Å². The predicted octanol–water partition coefficient (Wildman–Crippen LogP) is 6.78. The molecule has 3 atom stereocenters. The zero-order chi connectivity index (χ0) is 34.4. The number of rotatable bonds is 7. The third kappa shape index (κ3) is 4.75. The van der Waals surface area contributed by atoms with Crippen LogP contribution < -0.4 is 10.3 Å². The second-order valence-electron chi connectivity index (χ2n) is 14.4. The molecule has 50 heavy (non-hydrogen) atoms. The standard InChI is InChI=1S/C40H39N5O5/c1-21-26-10-12-32(21)45(20-26)39(47)27-14-31-37(35(17-27)49-3)43(2)38(42-31)34-16-25-8-7-24(15-33(25)44(34)19-22-5-6-22)23-9-11-30-28(13-23)29(40(48)50-4)18-36(46)41-30/h7-9,11,13-18,21-22,26,32H,5-6,10,12,19-20H2,1-4H3,(H,41,46)/t21-,26?,32?/m1/s1. The normalized spacial score (nSPS) is 20.0. The summed E-state index contributed by atoms with van der Waals surface area (Å²) in [5.41, 5.74) is 6.68. The summed E-state index contributed by atoms with van der Waals surface area (Å²) < 4.78 is 15.3. The fourth-order valence-electron chi connectivity index (χ4n) is 8.61. The summed E-state index contributed by atoms with van der Waals surface area (Å²) in [7, 11) is 4.98. The number of esters is 1. The molecular weight excluding hydrogens is 630 g/mol. The summed E-state index contributed by atoms with van der Waals surface area (Å²) in [5, 5.41) is 1.72. The van der Waals surface area contributed by atoms with Crippen LogP contribution in [0.25, 0.3) is 55.5 Å². The number of nitrogens with zero attached hydrogens (tertiary/aromatic N) is 4. The van der Waals surface area contributed by atoms with E-state index in [1.807, 2.05) is 37.4 Å². The van der Waals surface area contributed by atoms with Crippen molar-refractivity contribution in [1.82, 2.24) is 24.0 Å². The Labute approximate surface area is 288 Å². The zero-order valence-electron chi connectivity index (χ0n) is 28.7. The van der Waals surface area contributed by atoms with Crippen molar-refractivity contribution in [3.63, 3.8) is 0 Å². The molecule has 10 nitrogen and oxygen atoms in total. The number of carbonyl (C=O) groups excluding carboxylic acids is 2. The Kier molecular flexibility index (Phi) is 6.95. The lowest BCUT2D eigenvalue weighted by atomic mass is 10.00. The molecule has 2 aliphatic carbocycles. The van der Waals surface area contributed by atoms with Gasteiger partial charge in [0.05, 0.1) is 31.0 Å². The van der Waals surface area contributed by atoms with Gasteiger partial charge in [0, 0.05) is 59.6 Å². The van der Waals surface area contributed by atoms with E-state index < -0.39 is 5.97 Å². The van der Waals surface area contributed by atoms with E-state index in [1.165, 1.54) is 32.4 Å². The minimum Gasteiger partial charge on any atom is -0.494 e. The maximum Gasteiger partial charge on any atom is 0.338 e. The van der Waals surface area contributed by atoms with Gasteiger partial charge in [-0.15, -0.1) is 0 Å². The van der Waals surface area contributed by atoms with Gasteiger partial charge in [-0.05, 0) is 91.0 Å². The number of aryl methyl sites for hydroxylation is 1. The van der Waals surface area contributed by atoms with Gasteiger partial charge >= 0.3 is 5.97 Å². The maximum absolute atomic E-state index is 13.9. The van der Waals surface area contributed by atoms with E-state index in [0.29, 0.717) is 46.0 Å². The Morgan fingerprint density at radius 1 is 0.960 bits per heavy atom. The minimum atomic E-state index is -0.551. The number of amides is 1. The van der Waals surface area contributed by atoms with Crippen LogP contribution in [0.4, 0.5) is 0 Å². The Morgan fingerprint density at radius 2 is 1.76 bits per heavy atom. The number of ether oxygens (including phenoxy) is 2. The SMILES string of the molecule is COC(=O)c1cc(=O)[nH]c2ccc(-c3ccc4cc(-c5nc6cc(C(=O)N7CC8CCC7[C@@H]8C)cc(OC)c6n5C)n(CC5CC5)c4c3)cc12. The molecular formula is C40H39N5O5. The molecule has 2 saturated carbocycles. The molecule has 3 aromatic carbocycles. The Bertz CT molecular complexity index is 2450. The molecule has 1 amide bonds. The summed E-state index contributed by atoms with van der Waals surface area (Å²) in [6.07, 6.45) is 4.67. The quantitative estimate of drug-likeness (QED) is 0.188. The first-order valence-electron chi connectivity index (χ1n) is 17.5. The molecule has 9 rings (SSSR count). The van der Waals surface area contributed by atoms with Crippen molar-refractivity contribution in [1.29, 1.82) is 0 Å². The third-order valence-electron chi connectivity index (χ3n) is 11.5. The number of fused-ring (bicyclic) bond motifs is 5. The summed E-state index contributed by atoms with van der Waals surface area (Å²) in [5.74, 6) is 2.70. The van der Waals surface area contributed by atoms with Crippen LogP contribution in [0.3, 0.4) is 0 Å². The van der Waals surface area contributed by atoms with Gasteiger partial charge in [0.15, 0.2) is 5.82 Å². The first-order chi connectivity index (χ1) is 24.2. The van der Waals surface area contributed by atoms with Gasteiger partial charge in [0.25, 0.3) is 5.91 Å². The summed E-state index contributed by atoms with van der Waals surface area (Å²) in [4.78, 5) is 48.7. The van der Waals surface area contributed by atoms with E-state index in [4.69, 9.17) is 14.5 Å². The van der Waals surface area contributed by atoms with Crippen molar-refractivity contribution in [2.75, 3.05) is 20.8 Å². The number of methoxy groups -OCH3 is 2. The average molecular weight is 670 g/mol. The van der Waals surface area contributed by atoms with Crippen LogP contribution >= 0.6 is 0 Å². The third-order valence-corrected chi connectivity index (χ3v) is 11.5. The van der Waals surface area contributed by atoms with Crippen LogP contribution in [0, 0.1) is 17.8 Å². The average Bonchev–Trinajstić information content (AvgIpc) is 3.53. The zero-order valence-corrected chi connectivity index (χ0v) is 28.7. The molecule has 10 heteroatoms. The molecule has 3 aromatic heterocycles. The van der Waals surface area contributed by atoms with E-state index >= 15 is 0 Å². The molecule has 1 saturated heterocycles. The largest absolute Gasteiger partial charge is 0.494 e. The number of pyridine rings is 1. The number of benzene rings is 3. The van der Waals surface area contributed by atoms with E-state index in [0.717, 1.165) is 64.1 Å². The van der Waals surface area contributed by atoms with Crippen LogP contribution in [-0.4, -0.2) is 62.7 Å². The molecule has 1 aliphatic heterocycles. The van der Waals surface area contributed by atoms with E-state index in [9.17, 15) is 14.4 Å². The number of carbonyl (C=O) groups is 2. The Balaban J connectivity index is 1.15. The second kappa shape index (κ2) is 11.3. The van der Waals surface area contributed by atoms with E-state index in [1.54, 1.807) is 7.11 Å². The number of nitrogens with one attached hydrogen (secondary N) is 1. The number of likely N-dealkylation sites (tertiary alicyclic amines) is 1. The molecule has 3 aliphatic rings. The van der Waals surface area contributed by atoms with Crippen molar-refractivity contribution in [3.8, 4) is 28.4 Å². The highest BCUT2D eigenvalue weighted by Gasteiger charge is 2.46. The molecule has 4 heterocycles. The number of hydrogen-bond acceptors (Lipinski definition) is 6. The molecule has 0 spiro atoms. The highest BCUT2D eigenvalue weighted by atomic mass is 16.5. The van der Waals surface area contributed by atoms with Crippen LogP contribution in [-0.2, 0) is 18.3 Å². The van der Waals surface area contributed by atoms with Crippen molar-refractivity contribution >= 4 is 44.7 Å². The van der Waals surface area contributed by atoms with Gasteiger partial charge in [-0.25, -0.2) is 9.78 Å². The predicted molar refractivity (Wildman–Crippen MR) is 193 cm³/mol. The monoisotopic (exact) mass is 669 g/mol. The van der Waals surface area contributed by atoms with Crippen molar-refractivity contribution in [3.05, 3.63) is 82.1 Å². The van der Waals surface area contributed by atoms with Gasteiger partial charge in [0.1, 0.15) is 11.3 Å². The first-order valence-corrected chi connectivity index (χ1v) is 17.5. The number of imidazole rings is 1. The number of aromatic amines is 1. The highest BCUT2D eigenvalue weighted by Crippen LogP contribution is 2.44. The van der Waals surface area contributed by atoms with Crippen LogP contribution in [0.1, 0.15) is 53.3 Å². The summed E-state index contributed by atoms with van der Waals surface area (Å²) >= 11 is 0. The molecule has 2 bridgehead atoms. The molecule has 2 unspecified atom stereocenters. The lowest BCUT2D eigenvalue weighted by Crippen LogP contribution is -2.38. The van der Waals surface area contributed by atoms with Crippen molar-refractivity contribution in [2.45, 2.75) is 45.2 Å². The smallest absolute Gasteiger partial charge is 0.338 e. The van der Waals surface area contributed by atoms with Crippen molar-refractivity contribution < 1.29 is 19.1 Å². The van der Waals surface area contributed by atoms with Crippen LogP contribution in [0.15, 0.2) is 65.5 Å². The van der Waals surface area contributed by atoms with E-state index in [-0.39, 0.29) is 17.0 Å². The molecule has 1 N–H and O–H groups in total. The summed E-state index contributed by atoms with van der Waals surface area (Å²) in [6.45, 7) is 3.97. The second-order valence-corrected chi connectivity index (χ2v) is 14.4. The maximum atomic E-state index is 13.9. The topological polar surface area (TPSA) is 111 Å². The highest BCUT2D eigenvalue weighted by molar-refractivity contribution is 6.05. The molecule has 0 radical (unpaired) electrons.